The van der Waals surface area contributed by atoms with E-state index in [2.05, 4.69) is 89.7 Å². The largest absolute Gasteiger partial charge is 0.0984 e. The average molecular weight is 314 g/mol. The van der Waals surface area contributed by atoms with Gasteiger partial charge in [-0.15, -0.1) is 0 Å². The summed E-state index contributed by atoms with van der Waals surface area (Å²) in [6.45, 7) is 15.2. The fourth-order valence-electron chi connectivity index (χ4n) is 4.09. The maximum absolute atomic E-state index is 4.06. The predicted octanol–water partition coefficient (Wildman–Crippen LogP) is 6.84. The van der Waals surface area contributed by atoms with Gasteiger partial charge >= 0.3 is 0 Å². The molecule has 0 atom stereocenters. The van der Waals surface area contributed by atoms with Crippen molar-refractivity contribution in [3.63, 3.8) is 0 Å². The molecule has 0 heteroatoms. The zero-order chi connectivity index (χ0) is 17.5. The molecule has 0 fully saturated rings. The highest BCUT2D eigenvalue weighted by Gasteiger charge is 2.36. The van der Waals surface area contributed by atoms with Gasteiger partial charge in [0, 0.05) is 5.41 Å². The van der Waals surface area contributed by atoms with E-state index in [1.54, 1.807) is 0 Å². The Bertz CT molecular complexity index is 873. The predicted molar refractivity (Wildman–Crippen MR) is 106 cm³/mol. The van der Waals surface area contributed by atoms with Crippen LogP contribution in [0.15, 0.2) is 66.8 Å². The highest BCUT2D eigenvalue weighted by molar-refractivity contribution is 5.89. The standard InChI is InChI=1S/C24H26/c1-7-11-16(3)18(8-2)19-14-15-22-23(17(19)4)20-12-9-10-13-21(20)24(22,5)6/h7-15H,2H2,1,3-6H3/b11-7-,18-16+. The molecule has 0 N–H and O–H groups in total. The van der Waals surface area contributed by atoms with Gasteiger partial charge in [0.25, 0.3) is 0 Å². The Kier molecular flexibility index (Phi) is 4.09. The smallest absolute Gasteiger partial charge is 0.0158 e. The van der Waals surface area contributed by atoms with E-state index in [4.69, 9.17) is 0 Å². The normalized spacial score (nSPS) is 15.9. The van der Waals surface area contributed by atoms with Crippen LogP contribution in [0.4, 0.5) is 0 Å². The molecule has 0 heterocycles. The number of hydrogen-bond acceptors (Lipinski definition) is 0. The highest BCUT2D eigenvalue weighted by atomic mass is 14.4. The molecule has 0 nitrogen and oxygen atoms in total. The molecule has 0 amide bonds. The van der Waals surface area contributed by atoms with Crippen LogP contribution in [0.2, 0.25) is 0 Å². The van der Waals surface area contributed by atoms with Crippen molar-refractivity contribution in [2.24, 2.45) is 0 Å². The topological polar surface area (TPSA) is 0 Å². The summed E-state index contributed by atoms with van der Waals surface area (Å²) in [4.78, 5) is 0. The molecular formula is C24H26. The molecule has 0 spiro atoms. The minimum atomic E-state index is 0.0611. The van der Waals surface area contributed by atoms with Crippen LogP contribution in [-0.2, 0) is 5.41 Å². The lowest BCUT2D eigenvalue weighted by molar-refractivity contribution is 0.660. The van der Waals surface area contributed by atoms with Gasteiger partial charge < -0.3 is 0 Å². The summed E-state index contributed by atoms with van der Waals surface area (Å²) < 4.78 is 0. The molecule has 24 heavy (non-hydrogen) atoms. The number of allylic oxidation sites excluding steroid dienone is 5. The maximum atomic E-state index is 4.06. The van der Waals surface area contributed by atoms with Gasteiger partial charge in [-0.3, -0.25) is 0 Å². The summed E-state index contributed by atoms with van der Waals surface area (Å²) in [6.07, 6.45) is 6.22. The van der Waals surface area contributed by atoms with E-state index in [1.807, 2.05) is 6.08 Å². The Labute approximate surface area is 146 Å². The maximum Gasteiger partial charge on any atom is 0.0158 e. The molecule has 0 saturated heterocycles. The minimum absolute atomic E-state index is 0.0611. The molecule has 0 saturated carbocycles. The third-order valence-corrected chi connectivity index (χ3v) is 5.34. The minimum Gasteiger partial charge on any atom is -0.0984 e. The van der Waals surface area contributed by atoms with Crippen molar-refractivity contribution >= 4 is 5.57 Å². The lowest BCUT2D eigenvalue weighted by atomic mass is 9.81. The Morgan fingerprint density at radius 2 is 1.75 bits per heavy atom. The highest BCUT2D eigenvalue weighted by Crippen LogP contribution is 2.50. The zero-order valence-corrected chi connectivity index (χ0v) is 15.4. The first-order valence-electron chi connectivity index (χ1n) is 8.63. The number of rotatable bonds is 3. The second-order valence-corrected chi connectivity index (χ2v) is 7.13. The third-order valence-electron chi connectivity index (χ3n) is 5.34. The van der Waals surface area contributed by atoms with Gasteiger partial charge in [0.15, 0.2) is 0 Å². The Morgan fingerprint density at radius 1 is 1.04 bits per heavy atom. The van der Waals surface area contributed by atoms with Crippen molar-refractivity contribution in [1.82, 2.24) is 0 Å². The molecule has 0 bridgehead atoms. The lowest BCUT2D eigenvalue weighted by Gasteiger charge is -2.22. The zero-order valence-electron chi connectivity index (χ0n) is 15.4. The molecule has 2 aromatic rings. The molecule has 0 unspecified atom stereocenters. The average Bonchev–Trinajstić information content (AvgIpc) is 2.79. The van der Waals surface area contributed by atoms with Gasteiger partial charge in [0.2, 0.25) is 0 Å². The molecule has 0 aromatic heterocycles. The van der Waals surface area contributed by atoms with E-state index >= 15 is 0 Å². The van der Waals surface area contributed by atoms with Crippen LogP contribution < -0.4 is 0 Å². The molecule has 3 rings (SSSR count). The molecule has 1 aliphatic carbocycles. The van der Waals surface area contributed by atoms with Crippen molar-refractivity contribution in [2.45, 2.75) is 40.0 Å². The van der Waals surface area contributed by atoms with Crippen LogP contribution in [0.5, 0.6) is 0 Å². The molecule has 2 aromatic carbocycles. The van der Waals surface area contributed by atoms with E-state index < -0.39 is 0 Å². The number of hydrogen-bond donors (Lipinski definition) is 0. The fraction of sp³-hybridized carbons (Fsp3) is 0.250. The second kappa shape index (κ2) is 5.94. The second-order valence-electron chi connectivity index (χ2n) is 7.13. The summed E-state index contributed by atoms with van der Waals surface area (Å²) in [5.74, 6) is 0. The van der Waals surface area contributed by atoms with Gasteiger partial charge in [-0.2, -0.15) is 0 Å². The van der Waals surface area contributed by atoms with Crippen LogP contribution in [-0.4, -0.2) is 0 Å². The van der Waals surface area contributed by atoms with Gasteiger partial charge in [-0.05, 0) is 65.3 Å². The van der Waals surface area contributed by atoms with E-state index in [9.17, 15) is 0 Å². The van der Waals surface area contributed by atoms with Gasteiger partial charge in [0.05, 0.1) is 0 Å². The van der Waals surface area contributed by atoms with E-state index in [-0.39, 0.29) is 5.41 Å². The van der Waals surface area contributed by atoms with Crippen LogP contribution in [0.3, 0.4) is 0 Å². The molecule has 0 radical (unpaired) electrons. The van der Waals surface area contributed by atoms with Crippen molar-refractivity contribution in [3.05, 3.63) is 89.0 Å². The van der Waals surface area contributed by atoms with Gasteiger partial charge in [0.1, 0.15) is 0 Å². The van der Waals surface area contributed by atoms with E-state index in [0.29, 0.717) is 0 Å². The Balaban J connectivity index is 2.33. The quantitative estimate of drug-likeness (QED) is 0.544. The van der Waals surface area contributed by atoms with Crippen molar-refractivity contribution < 1.29 is 0 Å². The molecule has 122 valence electrons. The van der Waals surface area contributed by atoms with E-state index in [0.717, 1.165) is 0 Å². The van der Waals surface area contributed by atoms with Crippen LogP contribution in [0, 0.1) is 6.92 Å². The monoisotopic (exact) mass is 314 g/mol. The summed E-state index contributed by atoms with van der Waals surface area (Å²) in [6, 6.07) is 13.4. The molecule has 1 aliphatic rings. The van der Waals surface area contributed by atoms with Crippen molar-refractivity contribution in [1.29, 1.82) is 0 Å². The van der Waals surface area contributed by atoms with Gasteiger partial charge in [-0.25, -0.2) is 0 Å². The summed E-state index contributed by atoms with van der Waals surface area (Å²) >= 11 is 0. The van der Waals surface area contributed by atoms with Crippen molar-refractivity contribution in [2.75, 3.05) is 0 Å². The van der Waals surface area contributed by atoms with Crippen LogP contribution in [0.25, 0.3) is 16.7 Å². The van der Waals surface area contributed by atoms with Gasteiger partial charge in [-0.1, -0.05) is 75.1 Å². The first-order valence-corrected chi connectivity index (χ1v) is 8.63. The fourth-order valence-corrected chi connectivity index (χ4v) is 4.09. The first-order chi connectivity index (χ1) is 11.4. The van der Waals surface area contributed by atoms with Crippen LogP contribution >= 0.6 is 0 Å². The Morgan fingerprint density at radius 3 is 2.42 bits per heavy atom. The van der Waals surface area contributed by atoms with Crippen molar-refractivity contribution in [3.8, 4) is 11.1 Å². The number of fused-ring (bicyclic) bond motifs is 3. The molecule has 0 aliphatic heterocycles. The molecular weight excluding hydrogens is 288 g/mol. The Hall–Kier alpha value is -2.34. The SMILES string of the molecule is C=C/C(=C(C)\C=C/C)c1ccc2c(c1C)-c1ccccc1C2(C)C. The third kappa shape index (κ3) is 2.29. The van der Waals surface area contributed by atoms with E-state index in [1.165, 1.54) is 44.5 Å². The summed E-state index contributed by atoms with van der Waals surface area (Å²) in [7, 11) is 0. The summed E-state index contributed by atoms with van der Waals surface area (Å²) in [5.41, 5.74) is 10.8. The van der Waals surface area contributed by atoms with Crippen LogP contribution in [0.1, 0.15) is 49.9 Å². The lowest BCUT2D eigenvalue weighted by Crippen LogP contribution is -2.15. The number of benzene rings is 2. The first kappa shape index (κ1) is 16.5. The summed E-state index contributed by atoms with van der Waals surface area (Å²) in [5, 5.41) is 0.